The van der Waals surface area contributed by atoms with E-state index in [9.17, 15) is 5.11 Å². The molecular weight excluding hydrogens is 713 g/mol. The van der Waals surface area contributed by atoms with Crippen LogP contribution < -0.4 is 0 Å². The largest absolute Gasteiger partial charge is 0.396 e. The summed E-state index contributed by atoms with van der Waals surface area (Å²) < 4.78 is 0. The monoisotopic (exact) mass is 764 g/mol. The van der Waals surface area contributed by atoms with Crippen LogP contribution >= 0.6 is 0 Å². The van der Waals surface area contributed by atoms with Crippen LogP contribution in [0.25, 0.3) is 98.0 Å². The second-order valence-electron chi connectivity index (χ2n) is 19.6. The lowest BCUT2D eigenvalue weighted by molar-refractivity contribution is 0.282. The van der Waals surface area contributed by atoms with E-state index in [0.717, 1.165) is 25.7 Å². The maximum Gasteiger partial charge on any atom is 0.0431 e. The van der Waals surface area contributed by atoms with Gasteiger partial charge in [-0.05, 0) is 156 Å². The molecule has 0 unspecified atom stereocenters. The Bertz CT molecular complexity index is 3020. The summed E-state index contributed by atoms with van der Waals surface area (Å²) in [6.45, 7) is 14.1. The van der Waals surface area contributed by atoms with Crippen molar-refractivity contribution in [2.45, 2.75) is 84.0 Å². The zero-order chi connectivity index (χ0) is 40.4. The van der Waals surface area contributed by atoms with E-state index in [4.69, 9.17) is 0 Å². The molecule has 0 fully saturated rings. The van der Waals surface area contributed by atoms with Crippen LogP contribution in [0.15, 0.2) is 133 Å². The Labute approximate surface area is 348 Å². The van der Waals surface area contributed by atoms with Gasteiger partial charge in [0.2, 0.25) is 0 Å². The zero-order valence-electron chi connectivity index (χ0n) is 35.3. The molecule has 1 N–H and O–H groups in total. The highest BCUT2D eigenvalue weighted by atomic mass is 16.2. The van der Waals surface area contributed by atoms with Gasteiger partial charge in [-0.2, -0.15) is 0 Å². The van der Waals surface area contributed by atoms with Crippen LogP contribution in [-0.2, 0) is 10.8 Å². The highest BCUT2D eigenvalue weighted by Crippen LogP contribution is 2.51. The van der Waals surface area contributed by atoms with Crippen molar-refractivity contribution in [3.63, 3.8) is 0 Å². The maximum atomic E-state index is 9.68. The van der Waals surface area contributed by atoms with Gasteiger partial charge in [0.15, 0.2) is 0 Å². The molecule has 0 atom stereocenters. The summed E-state index contributed by atoms with van der Waals surface area (Å²) in [5, 5.41) is 25.7. The lowest BCUT2D eigenvalue weighted by Crippen LogP contribution is -2.10. The van der Waals surface area contributed by atoms with Crippen molar-refractivity contribution >= 4 is 64.6 Å². The molecular formula is C58H52O. The van der Waals surface area contributed by atoms with E-state index in [1.54, 1.807) is 0 Å². The van der Waals surface area contributed by atoms with E-state index in [-0.39, 0.29) is 17.4 Å². The minimum absolute atomic E-state index is 0.0890. The van der Waals surface area contributed by atoms with E-state index < -0.39 is 0 Å². The third-order valence-electron chi connectivity index (χ3n) is 13.8. The SMILES string of the molecule is CC(C)(C)c1cc2ccc3ccc(-c4ccc5c(c4)C(CCCCCO)c4cc(-c6ccc7ccc8cc(C(C)(C)C)cc9ccc6c7c89)ccc4-5)c4ccc(c1)c2c34. The van der Waals surface area contributed by atoms with E-state index in [0.29, 0.717) is 5.92 Å². The Hall–Kier alpha value is -5.76. The van der Waals surface area contributed by atoms with Crippen molar-refractivity contribution in [1.82, 2.24) is 0 Å². The number of fused-ring (bicyclic) bond motifs is 3. The standard InChI is InChI=1S/C58H52O/c1-57(2,3)42-28-38-13-11-34-15-21-44(49-25-19-40(30-42)53(38)55(34)49)36-17-23-47-48-24-18-37(33-52(48)46(51(47)32-36)10-8-7-9-27-59)45-22-16-35-12-14-39-29-43(58(4,5)6)31-41-20-26-50(45)56(35)54(39)41/h11-26,28-33,46,59H,7-10,27H2,1-6H3. The third kappa shape index (κ3) is 5.69. The van der Waals surface area contributed by atoms with Crippen molar-refractivity contribution in [1.29, 1.82) is 0 Å². The Morgan fingerprint density at radius 2 is 0.780 bits per heavy atom. The second kappa shape index (κ2) is 13.1. The van der Waals surface area contributed by atoms with Gasteiger partial charge in [-0.1, -0.05) is 176 Å². The van der Waals surface area contributed by atoms with Crippen LogP contribution in [0.1, 0.15) is 95.4 Å². The summed E-state index contributed by atoms with van der Waals surface area (Å²) in [5.74, 6) is 0.296. The average molecular weight is 765 g/mol. The summed E-state index contributed by atoms with van der Waals surface area (Å²) in [6, 6.07) is 52.2. The molecule has 0 spiro atoms. The lowest BCUT2D eigenvalue weighted by atomic mass is 9.82. The Balaban J connectivity index is 1.04. The maximum absolute atomic E-state index is 9.68. The molecule has 0 aliphatic heterocycles. The van der Waals surface area contributed by atoms with Crippen LogP contribution in [0.3, 0.4) is 0 Å². The molecule has 10 aromatic rings. The number of unbranched alkanes of at least 4 members (excludes halogenated alkanes) is 2. The molecule has 0 saturated carbocycles. The van der Waals surface area contributed by atoms with Gasteiger partial charge < -0.3 is 5.11 Å². The lowest BCUT2D eigenvalue weighted by Gasteiger charge is -2.22. The molecule has 0 aromatic heterocycles. The number of hydrogen-bond acceptors (Lipinski definition) is 1. The van der Waals surface area contributed by atoms with Crippen LogP contribution in [0.5, 0.6) is 0 Å². The smallest absolute Gasteiger partial charge is 0.0431 e. The molecule has 10 aromatic carbocycles. The molecule has 1 heteroatoms. The van der Waals surface area contributed by atoms with E-state index in [1.807, 2.05) is 0 Å². The molecule has 0 saturated heterocycles. The number of hydrogen-bond donors (Lipinski definition) is 1. The fourth-order valence-corrected chi connectivity index (χ4v) is 10.7. The van der Waals surface area contributed by atoms with Crippen molar-refractivity contribution in [3.05, 3.63) is 156 Å². The molecule has 59 heavy (non-hydrogen) atoms. The summed E-state index contributed by atoms with van der Waals surface area (Å²) in [7, 11) is 0. The fraction of sp³-hybridized carbons (Fsp3) is 0.241. The van der Waals surface area contributed by atoms with Crippen LogP contribution in [0, 0.1) is 0 Å². The van der Waals surface area contributed by atoms with Gasteiger partial charge in [0.05, 0.1) is 0 Å². The predicted molar refractivity (Wildman–Crippen MR) is 255 cm³/mol. The number of rotatable bonds is 7. The molecule has 0 radical (unpaired) electrons. The van der Waals surface area contributed by atoms with Crippen molar-refractivity contribution < 1.29 is 5.11 Å². The minimum Gasteiger partial charge on any atom is -0.396 e. The molecule has 0 bridgehead atoms. The molecule has 290 valence electrons. The van der Waals surface area contributed by atoms with Crippen LogP contribution in [0.4, 0.5) is 0 Å². The van der Waals surface area contributed by atoms with Crippen molar-refractivity contribution in [2.75, 3.05) is 6.61 Å². The molecule has 0 heterocycles. The summed E-state index contributed by atoms with van der Waals surface area (Å²) in [5.41, 5.74) is 13.7. The quantitative estimate of drug-likeness (QED) is 0.127. The zero-order valence-corrected chi connectivity index (χ0v) is 35.3. The van der Waals surface area contributed by atoms with Crippen LogP contribution in [-0.4, -0.2) is 11.7 Å². The normalized spacial score (nSPS) is 13.6. The van der Waals surface area contributed by atoms with Gasteiger partial charge in [0.25, 0.3) is 0 Å². The number of aliphatic hydroxyl groups is 1. The highest BCUT2D eigenvalue weighted by molar-refractivity contribution is 6.27. The Morgan fingerprint density at radius 1 is 0.390 bits per heavy atom. The first-order chi connectivity index (χ1) is 28.5. The Morgan fingerprint density at radius 3 is 1.20 bits per heavy atom. The van der Waals surface area contributed by atoms with Crippen molar-refractivity contribution in [3.8, 4) is 33.4 Å². The topological polar surface area (TPSA) is 20.2 Å². The molecule has 11 rings (SSSR count). The van der Waals surface area contributed by atoms with E-state index in [1.165, 1.54) is 120 Å². The minimum atomic E-state index is 0.0890. The first-order valence-electron chi connectivity index (χ1n) is 21.8. The average Bonchev–Trinajstić information content (AvgIpc) is 3.54. The summed E-state index contributed by atoms with van der Waals surface area (Å²) in [4.78, 5) is 0. The van der Waals surface area contributed by atoms with Crippen molar-refractivity contribution in [2.24, 2.45) is 0 Å². The van der Waals surface area contributed by atoms with E-state index in [2.05, 4.69) is 175 Å². The first kappa shape index (κ1) is 36.3. The van der Waals surface area contributed by atoms with E-state index >= 15 is 0 Å². The van der Waals surface area contributed by atoms with Gasteiger partial charge in [0.1, 0.15) is 0 Å². The first-order valence-corrected chi connectivity index (χ1v) is 21.8. The number of aliphatic hydroxyl groups excluding tert-OH is 1. The van der Waals surface area contributed by atoms with Crippen LogP contribution in [0.2, 0.25) is 0 Å². The predicted octanol–water partition coefficient (Wildman–Crippen LogP) is 16.1. The molecule has 1 nitrogen and oxygen atoms in total. The molecule has 1 aliphatic carbocycles. The summed E-state index contributed by atoms with van der Waals surface area (Å²) in [6.07, 6.45) is 4.04. The Kier molecular flexibility index (Phi) is 8.08. The third-order valence-corrected chi connectivity index (χ3v) is 13.8. The summed E-state index contributed by atoms with van der Waals surface area (Å²) >= 11 is 0. The van der Waals surface area contributed by atoms with Gasteiger partial charge >= 0.3 is 0 Å². The van der Waals surface area contributed by atoms with Gasteiger partial charge in [-0.25, -0.2) is 0 Å². The molecule has 0 amide bonds. The van der Waals surface area contributed by atoms with Gasteiger partial charge in [-0.15, -0.1) is 0 Å². The van der Waals surface area contributed by atoms with Gasteiger partial charge in [0, 0.05) is 12.5 Å². The second-order valence-corrected chi connectivity index (χ2v) is 19.6. The number of benzene rings is 10. The highest BCUT2D eigenvalue weighted by Gasteiger charge is 2.30. The molecule has 1 aliphatic rings. The fourth-order valence-electron chi connectivity index (χ4n) is 10.7. The van der Waals surface area contributed by atoms with Gasteiger partial charge in [-0.3, -0.25) is 0 Å².